The second kappa shape index (κ2) is 5.95. The number of phenolic OH excluding ortho intramolecular Hbond substituents is 1. The number of guanidine groups is 1. The van der Waals surface area contributed by atoms with E-state index < -0.39 is 0 Å². The Morgan fingerprint density at radius 3 is 2.82 bits per heavy atom. The summed E-state index contributed by atoms with van der Waals surface area (Å²) in [5.74, 6) is 0.0369. The standard InChI is InChI=1S/C10H13ClN4O2/c1-2-17-8-4-6(3-7(11)9(8)16)5-14-15-10(12)13/h3-5,16H,2H2,1H3,(H4,12,13,15)/b14-5-. The van der Waals surface area contributed by atoms with Gasteiger partial charge in [0.1, 0.15) is 0 Å². The highest BCUT2D eigenvalue weighted by Gasteiger charge is 2.08. The monoisotopic (exact) mass is 256 g/mol. The molecule has 0 aliphatic rings. The Morgan fingerprint density at radius 2 is 2.24 bits per heavy atom. The van der Waals surface area contributed by atoms with Gasteiger partial charge < -0.3 is 21.3 Å². The molecule has 1 aromatic carbocycles. The van der Waals surface area contributed by atoms with Gasteiger partial charge in [-0.1, -0.05) is 11.6 Å². The fraction of sp³-hybridized carbons (Fsp3) is 0.200. The van der Waals surface area contributed by atoms with Crippen molar-refractivity contribution in [1.29, 1.82) is 0 Å². The van der Waals surface area contributed by atoms with E-state index in [0.717, 1.165) is 0 Å². The molecular weight excluding hydrogens is 244 g/mol. The molecule has 0 atom stereocenters. The number of rotatable bonds is 4. The van der Waals surface area contributed by atoms with Gasteiger partial charge in [-0.25, -0.2) is 0 Å². The van der Waals surface area contributed by atoms with Gasteiger partial charge in [0.2, 0.25) is 5.96 Å². The van der Waals surface area contributed by atoms with Gasteiger partial charge in [0.25, 0.3) is 0 Å². The first-order valence-corrected chi connectivity index (χ1v) is 5.19. The number of hydrogen-bond donors (Lipinski definition) is 3. The van der Waals surface area contributed by atoms with Crippen LogP contribution in [0.3, 0.4) is 0 Å². The lowest BCUT2D eigenvalue weighted by molar-refractivity contribution is 0.318. The number of ether oxygens (including phenoxy) is 1. The van der Waals surface area contributed by atoms with Crippen LogP contribution in [-0.4, -0.2) is 23.9 Å². The van der Waals surface area contributed by atoms with E-state index in [-0.39, 0.29) is 22.5 Å². The first-order valence-electron chi connectivity index (χ1n) is 4.82. The van der Waals surface area contributed by atoms with E-state index in [4.69, 9.17) is 27.8 Å². The van der Waals surface area contributed by atoms with Crippen LogP contribution in [0.15, 0.2) is 22.3 Å². The van der Waals surface area contributed by atoms with Gasteiger partial charge in [-0.2, -0.15) is 5.10 Å². The third kappa shape index (κ3) is 3.84. The number of halogens is 1. The quantitative estimate of drug-likeness (QED) is 0.425. The second-order valence-corrected chi connectivity index (χ2v) is 3.46. The molecule has 0 heterocycles. The lowest BCUT2D eigenvalue weighted by Gasteiger charge is -2.07. The molecule has 1 rings (SSSR count). The molecule has 0 saturated heterocycles. The minimum atomic E-state index is -0.142. The Morgan fingerprint density at radius 1 is 1.53 bits per heavy atom. The Kier molecular flexibility index (Phi) is 4.59. The zero-order chi connectivity index (χ0) is 12.8. The predicted molar refractivity (Wildman–Crippen MR) is 67.7 cm³/mol. The van der Waals surface area contributed by atoms with Crippen LogP contribution in [-0.2, 0) is 0 Å². The molecule has 0 aliphatic heterocycles. The molecule has 0 aliphatic carbocycles. The lowest BCUT2D eigenvalue weighted by atomic mass is 10.2. The highest BCUT2D eigenvalue weighted by Crippen LogP contribution is 2.34. The zero-order valence-electron chi connectivity index (χ0n) is 9.22. The van der Waals surface area contributed by atoms with Gasteiger partial charge in [-0.3, -0.25) is 0 Å². The van der Waals surface area contributed by atoms with Crippen molar-refractivity contribution in [3.8, 4) is 11.5 Å². The Balaban J connectivity index is 3.02. The normalized spacial score (nSPS) is 10.5. The van der Waals surface area contributed by atoms with E-state index in [9.17, 15) is 5.11 Å². The molecule has 1 aromatic rings. The van der Waals surface area contributed by atoms with E-state index >= 15 is 0 Å². The summed E-state index contributed by atoms with van der Waals surface area (Å²) in [6.45, 7) is 2.21. The molecule has 92 valence electrons. The fourth-order valence-corrected chi connectivity index (χ4v) is 1.32. The summed E-state index contributed by atoms with van der Waals surface area (Å²) in [5, 5.41) is 16.8. The maximum atomic E-state index is 9.60. The molecule has 0 bridgehead atoms. The van der Waals surface area contributed by atoms with Crippen LogP contribution in [0.2, 0.25) is 5.02 Å². The van der Waals surface area contributed by atoms with E-state index in [1.54, 1.807) is 13.0 Å². The van der Waals surface area contributed by atoms with Gasteiger partial charge in [0.05, 0.1) is 17.8 Å². The maximum absolute atomic E-state index is 9.60. The predicted octanol–water partition coefficient (Wildman–Crippen LogP) is 1.05. The van der Waals surface area contributed by atoms with Crippen LogP contribution in [0, 0.1) is 0 Å². The number of phenols is 1. The highest BCUT2D eigenvalue weighted by atomic mass is 35.5. The number of hydrogen-bond acceptors (Lipinski definition) is 4. The fourth-order valence-electron chi connectivity index (χ4n) is 1.10. The third-order valence-corrected chi connectivity index (χ3v) is 2.02. The molecule has 0 amide bonds. The van der Waals surface area contributed by atoms with E-state index in [0.29, 0.717) is 12.2 Å². The van der Waals surface area contributed by atoms with Crippen molar-refractivity contribution in [2.45, 2.75) is 6.92 Å². The average molecular weight is 257 g/mol. The summed E-state index contributed by atoms with van der Waals surface area (Å²) in [5.41, 5.74) is 10.8. The average Bonchev–Trinajstić information content (AvgIpc) is 2.25. The van der Waals surface area contributed by atoms with Gasteiger partial charge in [0, 0.05) is 5.56 Å². The third-order valence-electron chi connectivity index (χ3n) is 1.73. The number of benzene rings is 1. The first kappa shape index (κ1) is 13.1. The minimum Gasteiger partial charge on any atom is -0.503 e. The second-order valence-electron chi connectivity index (χ2n) is 3.05. The van der Waals surface area contributed by atoms with E-state index in [2.05, 4.69) is 10.2 Å². The van der Waals surface area contributed by atoms with Gasteiger partial charge in [0.15, 0.2) is 11.5 Å². The van der Waals surface area contributed by atoms with Crippen molar-refractivity contribution in [2.75, 3.05) is 6.61 Å². The molecule has 0 radical (unpaired) electrons. The highest BCUT2D eigenvalue weighted by molar-refractivity contribution is 6.32. The summed E-state index contributed by atoms with van der Waals surface area (Å²) in [7, 11) is 0. The van der Waals surface area contributed by atoms with Crippen LogP contribution in [0.1, 0.15) is 12.5 Å². The number of nitrogens with two attached hydrogens (primary N) is 2. The maximum Gasteiger partial charge on any atom is 0.211 e. The number of aromatic hydroxyl groups is 1. The molecule has 5 N–H and O–H groups in total. The largest absolute Gasteiger partial charge is 0.503 e. The molecule has 7 heteroatoms. The lowest BCUT2D eigenvalue weighted by Crippen LogP contribution is -2.21. The van der Waals surface area contributed by atoms with Crippen molar-refractivity contribution < 1.29 is 9.84 Å². The summed E-state index contributed by atoms with van der Waals surface area (Å²) >= 11 is 5.82. The van der Waals surface area contributed by atoms with Crippen LogP contribution >= 0.6 is 11.6 Å². The SMILES string of the molecule is CCOc1cc(/C=N\N=C(N)N)cc(Cl)c1O. The van der Waals surface area contributed by atoms with Gasteiger partial charge in [-0.05, 0) is 19.1 Å². The van der Waals surface area contributed by atoms with Crippen molar-refractivity contribution in [2.24, 2.45) is 21.7 Å². The van der Waals surface area contributed by atoms with Crippen LogP contribution in [0.4, 0.5) is 0 Å². The minimum absolute atomic E-state index is 0.104. The summed E-state index contributed by atoms with van der Waals surface area (Å²) in [6, 6.07) is 3.10. The van der Waals surface area contributed by atoms with Crippen LogP contribution < -0.4 is 16.2 Å². The molecule has 0 spiro atoms. The van der Waals surface area contributed by atoms with E-state index in [1.165, 1.54) is 12.3 Å². The molecule has 0 saturated carbocycles. The van der Waals surface area contributed by atoms with Crippen LogP contribution in [0.5, 0.6) is 11.5 Å². The summed E-state index contributed by atoms with van der Waals surface area (Å²) in [6.07, 6.45) is 1.40. The molecular formula is C10H13ClN4O2. The molecule has 17 heavy (non-hydrogen) atoms. The van der Waals surface area contributed by atoms with E-state index in [1.807, 2.05) is 0 Å². The zero-order valence-corrected chi connectivity index (χ0v) is 9.98. The van der Waals surface area contributed by atoms with Crippen molar-refractivity contribution in [3.05, 3.63) is 22.7 Å². The van der Waals surface area contributed by atoms with Crippen molar-refractivity contribution in [3.63, 3.8) is 0 Å². The van der Waals surface area contributed by atoms with Crippen LogP contribution in [0.25, 0.3) is 0 Å². The Labute approximate surface area is 104 Å². The first-order chi connectivity index (χ1) is 8.04. The molecule has 0 fully saturated rings. The smallest absolute Gasteiger partial charge is 0.211 e. The van der Waals surface area contributed by atoms with Gasteiger partial charge >= 0.3 is 0 Å². The van der Waals surface area contributed by atoms with Crippen molar-refractivity contribution >= 4 is 23.8 Å². The number of nitrogens with zero attached hydrogens (tertiary/aromatic N) is 2. The summed E-state index contributed by atoms with van der Waals surface area (Å²) < 4.78 is 5.20. The van der Waals surface area contributed by atoms with Crippen molar-refractivity contribution in [1.82, 2.24) is 0 Å². The Hall–Kier alpha value is -1.95. The summed E-state index contributed by atoms with van der Waals surface area (Å²) in [4.78, 5) is 0. The molecule has 6 nitrogen and oxygen atoms in total. The Bertz CT molecular complexity index is 456. The molecule has 0 aromatic heterocycles. The topological polar surface area (TPSA) is 106 Å². The van der Waals surface area contributed by atoms with Gasteiger partial charge in [-0.15, -0.1) is 5.10 Å². The molecule has 0 unspecified atom stereocenters.